The van der Waals surface area contributed by atoms with Gasteiger partial charge in [0, 0.05) is 18.4 Å². The molecule has 1 aliphatic rings. The molecule has 4 rings (SSSR count). The van der Waals surface area contributed by atoms with Gasteiger partial charge in [0.05, 0.1) is 31.9 Å². The van der Waals surface area contributed by atoms with E-state index in [-0.39, 0.29) is 6.03 Å². The van der Waals surface area contributed by atoms with Gasteiger partial charge >= 0.3 is 6.03 Å². The molecule has 2 aromatic carbocycles. The molecule has 8 heteroatoms. The first-order valence-electron chi connectivity index (χ1n) is 10.3. The molecular formula is C24H26N4O4. The molecule has 1 atom stereocenters. The Labute approximate surface area is 186 Å². The standard InChI is InChI=1S/C24H26N4O4/c1-15-5-7-17(8-6-15)21-20(16(2)28(13-14-30-3)24(29)25-21)23-26-22(27-32-23)18-9-11-19(31-4)12-10-18/h5-12,21H,13-14H2,1-4H3,(H,25,29). The number of carbonyl (C=O) groups is 1. The predicted octanol–water partition coefficient (Wildman–Crippen LogP) is 4.20. The highest BCUT2D eigenvalue weighted by Gasteiger charge is 2.35. The van der Waals surface area contributed by atoms with Crippen LogP contribution < -0.4 is 10.1 Å². The lowest BCUT2D eigenvalue weighted by molar-refractivity contribution is 0.158. The third-order valence-corrected chi connectivity index (χ3v) is 5.53. The quantitative estimate of drug-likeness (QED) is 0.600. The van der Waals surface area contributed by atoms with E-state index in [4.69, 9.17) is 14.0 Å². The number of rotatable bonds is 7. The van der Waals surface area contributed by atoms with Crippen LogP contribution in [0.1, 0.15) is 30.0 Å². The first-order valence-corrected chi connectivity index (χ1v) is 10.3. The lowest BCUT2D eigenvalue weighted by Crippen LogP contribution is -2.47. The van der Waals surface area contributed by atoms with Gasteiger partial charge in [0.1, 0.15) is 5.75 Å². The van der Waals surface area contributed by atoms with Gasteiger partial charge in [-0.25, -0.2) is 4.79 Å². The Hall–Kier alpha value is -3.65. The zero-order chi connectivity index (χ0) is 22.7. The van der Waals surface area contributed by atoms with Crippen molar-refractivity contribution in [3.63, 3.8) is 0 Å². The lowest BCUT2D eigenvalue weighted by atomic mass is 9.94. The first kappa shape index (κ1) is 21.6. The summed E-state index contributed by atoms with van der Waals surface area (Å²) in [6.45, 7) is 4.74. The Morgan fingerprint density at radius 3 is 2.44 bits per heavy atom. The van der Waals surface area contributed by atoms with E-state index >= 15 is 0 Å². The van der Waals surface area contributed by atoms with Crippen LogP contribution in [-0.2, 0) is 4.74 Å². The van der Waals surface area contributed by atoms with E-state index in [1.807, 2.05) is 62.4 Å². The summed E-state index contributed by atoms with van der Waals surface area (Å²) in [5.41, 5.74) is 4.40. The van der Waals surface area contributed by atoms with Crippen molar-refractivity contribution in [2.45, 2.75) is 19.9 Å². The molecule has 1 N–H and O–H groups in total. The van der Waals surface area contributed by atoms with Crippen LogP contribution in [0.15, 0.2) is 58.8 Å². The van der Waals surface area contributed by atoms with Gasteiger partial charge < -0.3 is 19.3 Å². The number of nitrogens with zero attached hydrogens (tertiary/aromatic N) is 3. The summed E-state index contributed by atoms with van der Waals surface area (Å²) in [7, 11) is 3.23. The average molecular weight is 434 g/mol. The van der Waals surface area contributed by atoms with E-state index in [9.17, 15) is 4.79 Å². The average Bonchev–Trinajstić information content (AvgIpc) is 3.29. The van der Waals surface area contributed by atoms with Crippen molar-refractivity contribution in [2.75, 3.05) is 27.4 Å². The number of ether oxygens (including phenoxy) is 2. The molecule has 2 amide bonds. The Kier molecular flexibility index (Phi) is 6.23. The second kappa shape index (κ2) is 9.23. The number of aryl methyl sites for hydroxylation is 1. The normalized spacial score (nSPS) is 16.3. The van der Waals surface area contributed by atoms with Crippen LogP contribution in [0.2, 0.25) is 0 Å². The number of hydrogen-bond donors (Lipinski definition) is 1. The highest BCUT2D eigenvalue weighted by atomic mass is 16.5. The molecule has 0 saturated carbocycles. The highest BCUT2D eigenvalue weighted by Crippen LogP contribution is 2.37. The number of urea groups is 1. The molecule has 0 bridgehead atoms. The predicted molar refractivity (Wildman–Crippen MR) is 120 cm³/mol. The van der Waals surface area contributed by atoms with Gasteiger partial charge in [0.15, 0.2) is 0 Å². The van der Waals surface area contributed by atoms with Crippen LogP contribution in [0.3, 0.4) is 0 Å². The summed E-state index contributed by atoms with van der Waals surface area (Å²) in [6.07, 6.45) is 0. The fourth-order valence-electron chi connectivity index (χ4n) is 3.71. The van der Waals surface area contributed by atoms with E-state index in [1.54, 1.807) is 19.1 Å². The van der Waals surface area contributed by atoms with Gasteiger partial charge in [-0.2, -0.15) is 4.98 Å². The summed E-state index contributed by atoms with van der Waals surface area (Å²) in [5, 5.41) is 7.27. The molecule has 1 unspecified atom stereocenters. The molecule has 0 radical (unpaired) electrons. The van der Waals surface area contributed by atoms with E-state index in [0.29, 0.717) is 24.9 Å². The summed E-state index contributed by atoms with van der Waals surface area (Å²) >= 11 is 0. The largest absolute Gasteiger partial charge is 0.497 e. The molecule has 1 aromatic heterocycles. The summed E-state index contributed by atoms with van der Waals surface area (Å²) in [4.78, 5) is 19.2. The number of benzene rings is 2. The first-order chi connectivity index (χ1) is 15.5. The molecule has 0 aliphatic carbocycles. The van der Waals surface area contributed by atoms with Crippen molar-refractivity contribution in [3.05, 3.63) is 71.2 Å². The van der Waals surface area contributed by atoms with E-state index in [0.717, 1.165) is 33.7 Å². The highest BCUT2D eigenvalue weighted by molar-refractivity contribution is 5.86. The molecule has 2 heterocycles. The zero-order valence-electron chi connectivity index (χ0n) is 18.6. The van der Waals surface area contributed by atoms with Gasteiger partial charge in [-0.05, 0) is 43.7 Å². The maximum atomic E-state index is 12.9. The summed E-state index contributed by atoms with van der Waals surface area (Å²) < 4.78 is 16.1. The minimum Gasteiger partial charge on any atom is -0.497 e. The SMILES string of the molecule is COCCN1C(=O)NC(c2ccc(C)cc2)C(c2nc(-c3ccc(OC)cc3)no2)=C1C. The zero-order valence-corrected chi connectivity index (χ0v) is 18.6. The van der Waals surface area contributed by atoms with Crippen molar-refractivity contribution < 1.29 is 18.8 Å². The van der Waals surface area contributed by atoms with E-state index in [2.05, 4.69) is 15.5 Å². The number of methoxy groups -OCH3 is 2. The second-order valence-electron chi connectivity index (χ2n) is 7.59. The Bertz CT molecular complexity index is 1120. The van der Waals surface area contributed by atoms with Crippen LogP contribution in [0.5, 0.6) is 5.75 Å². The van der Waals surface area contributed by atoms with Crippen molar-refractivity contribution in [1.29, 1.82) is 0 Å². The van der Waals surface area contributed by atoms with E-state index in [1.165, 1.54) is 0 Å². The topological polar surface area (TPSA) is 89.7 Å². The third kappa shape index (κ3) is 4.22. The molecule has 32 heavy (non-hydrogen) atoms. The van der Waals surface area contributed by atoms with Crippen molar-refractivity contribution >= 4 is 11.6 Å². The van der Waals surface area contributed by atoms with Crippen LogP contribution in [0, 0.1) is 6.92 Å². The lowest BCUT2D eigenvalue weighted by Gasteiger charge is -2.35. The van der Waals surface area contributed by atoms with Gasteiger partial charge in [0.25, 0.3) is 5.89 Å². The van der Waals surface area contributed by atoms with Gasteiger partial charge in [-0.3, -0.25) is 4.90 Å². The van der Waals surface area contributed by atoms with Crippen molar-refractivity contribution in [3.8, 4) is 17.1 Å². The maximum absolute atomic E-state index is 12.9. The monoisotopic (exact) mass is 434 g/mol. The van der Waals surface area contributed by atoms with Gasteiger partial charge in [-0.15, -0.1) is 0 Å². The Balaban J connectivity index is 1.76. The molecular weight excluding hydrogens is 408 g/mol. The molecule has 8 nitrogen and oxygen atoms in total. The van der Waals surface area contributed by atoms with E-state index < -0.39 is 6.04 Å². The number of aromatic nitrogens is 2. The molecule has 1 aliphatic heterocycles. The third-order valence-electron chi connectivity index (χ3n) is 5.53. The Morgan fingerprint density at radius 1 is 1.06 bits per heavy atom. The minimum atomic E-state index is -0.411. The van der Waals surface area contributed by atoms with Gasteiger partial charge in [-0.1, -0.05) is 35.0 Å². The molecule has 0 spiro atoms. The van der Waals surface area contributed by atoms with Crippen LogP contribution in [0.25, 0.3) is 17.0 Å². The van der Waals surface area contributed by atoms with Crippen LogP contribution in [0.4, 0.5) is 4.79 Å². The number of amides is 2. The summed E-state index contributed by atoms with van der Waals surface area (Å²) in [5.74, 6) is 1.58. The van der Waals surface area contributed by atoms with Crippen molar-refractivity contribution in [2.24, 2.45) is 0 Å². The summed E-state index contributed by atoms with van der Waals surface area (Å²) in [6, 6.07) is 14.9. The second-order valence-corrected chi connectivity index (χ2v) is 7.59. The molecule has 0 fully saturated rings. The number of hydrogen-bond acceptors (Lipinski definition) is 6. The molecule has 3 aromatic rings. The number of carbonyl (C=O) groups excluding carboxylic acids is 1. The fourth-order valence-corrected chi connectivity index (χ4v) is 3.71. The van der Waals surface area contributed by atoms with Crippen LogP contribution >= 0.6 is 0 Å². The molecule has 166 valence electrons. The minimum absolute atomic E-state index is 0.191. The number of allylic oxidation sites excluding steroid dienone is 1. The van der Waals surface area contributed by atoms with Crippen LogP contribution in [-0.4, -0.2) is 48.4 Å². The van der Waals surface area contributed by atoms with Crippen molar-refractivity contribution in [1.82, 2.24) is 20.4 Å². The number of nitrogens with one attached hydrogen (secondary N) is 1. The Morgan fingerprint density at radius 2 is 1.78 bits per heavy atom. The smallest absolute Gasteiger partial charge is 0.322 e. The van der Waals surface area contributed by atoms with Gasteiger partial charge in [0.2, 0.25) is 5.82 Å². The molecule has 0 saturated heterocycles. The fraction of sp³-hybridized carbons (Fsp3) is 0.292. The maximum Gasteiger partial charge on any atom is 0.322 e.